The number of unbranched alkanes of at least 4 members (excludes halogenated alkanes) is 3. The van der Waals surface area contributed by atoms with Gasteiger partial charge in [0, 0.05) is 19.6 Å². The standard InChI is InChI=1S/C53H76N4O9/c1-32-19-24-53(26-25-51(6)35(44(53)33(32)2)15-17-39-50(5)22-21-40(58)49(3,4)38(50)20-23-52(39,51)7)48(64)54-27-10-8-9-11-28-65-29-30-66-31-42(60)55-36-14-12-13-34-43(36)47(63)57(46(34)62)37-16-18-41(59)56-45(37)61/h12-15,32-33,37-40,44,58H,8-11,16-31H2,1-7H3,(H,54,64)(H,55,60)(H,56,59,61)/t32-,33+,37?,38+,39-,40+,44+,50+,51-,52-,53+/m1/s1. The first-order valence-electron chi connectivity index (χ1n) is 25.3. The van der Waals surface area contributed by atoms with Gasteiger partial charge in [0.05, 0.1) is 41.5 Å². The molecule has 2 aliphatic heterocycles. The molecule has 4 saturated carbocycles. The Kier molecular flexibility index (Phi) is 13.6. The van der Waals surface area contributed by atoms with Crippen molar-refractivity contribution < 1.29 is 43.3 Å². The van der Waals surface area contributed by atoms with E-state index in [1.54, 1.807) is 11.6 Å². The summed E-state index contributed by atoms with van der Waals surface area (Å²) in [6, 6.07) is 3.44. The minimum atomic E-state index is -1.10. The van der Waals surface area contributed by atoms with Gasteiger partial charge in [0.1, 0.15) is 12.6 Å². The van der Waals surface area contributed by atoms with E-state index in [2.05, 4.69) is 70.5 Å². The first-order chi connectivity index (χ1) is 31.3. The molecule has 0 aromatic heterocycles. The molecule has 4 N–H and O–H groups in total. The summed E-state index contributed by atoms with van der Waals surface area (Å²) >= 11 is 0. The van der Waals surface area contributed by atoms with Gasteiger partial charge >= 0.3 is 0 Å². The molecule has 13 nitrogen and oxygen atoms in total. The maximum Gasteiger partial charge on any atom is 0.264 e. The summed E-state index contributed by atoms with van der Waals surface area (Å²) in [4.78, 5) is 78.6. The fraction of sp³-hybridized carbons (Fsp3) is 0.736. The number of hydrogen-bond acceptors (Lipinski definition) is 9. The Morgan fingerprint density at radius 1 is 0.833 bits per heavy atom. The Balaban J connectivity index is 0.755. The van der Waals surface area contributed by atoms with E-state index in [-0.39, 0.29) is 87.9 Å². The van der Waals surface area contributed by atoms with Gasteiger partial charge in [0.2, 0.25) is 23.6 Å². The number of amides is 6. The topological polar surface area (TPSA) is 180 Å². The summed E-state index contributed by atoms with van der Waals surface area (Å²) in [5.41, 5.74) is 1.85. The smallest absolute Gasteiger partial charge is 0.264 e. The van der Waals surface area contributed by atoms with E-state index >= 15 is 0 Å². The zero-order valence-electron chi connectivity index (χ0n) is 40.7. The molecular formula is C53H76N4O9. The second-order valence-corrected chi connectivity index (χ2v) is 22.7. The van der Waals surface area contributed by atoms with Crippen molar-refractivity contribution in [3.8, 4) is 0 Å². The second-order valence-electron chi connectivity index (χ2n) is 22.7. The molecule has 5 fully saturated rings. The molecule has 1 unspecified atom stereocenters. The highest BCUT2D eigenvalue weighted by Crippen LogP contribution is 2.75. The molecule has 2 heterocycles. The molecule has 7 aliphatic rings. The number of aliphatic hydroxyl groups excluding tert-OH is 1. The number of carbonyl (C=O) groups excluding carboxylic acids is 6. The van der Waals surface area contributed by atoms with Crippen molar-refractivity contribution >= 4 is 41.1 Å². The molecule has 13 heteroatoms. The number of nitrogens with one attached hydrogen (secondary N) is 3. The van der Waals surface area contributed by atoms with E-state index in [4.69, 9.17) is 9.47 Å². The van der Waals surface area contributed by atoms with Gasteiger partial charge in [-0.2, -0.15) is 0 Å². The molecule has 0 radical (unpaired) electrons. The lowest BCUT2D eigenvalue weighted by atomic mass is 9.33. The van der Waals surface area contributed by atoms with Crippen LogP contribution in [0.3, 0.4) is 0 Å². The number of hydrogen-bond donors (Lipinski definition) is 4. The van der Waals surface area contributed by atoms with Crippen LogP contribution < -0.4 is 16.0 Å². The van der Waals surface area contributed by atoms with Crippen molar-refractivity contribution in [1.29, 1.82) is 0 Å². The Morgan fingerprint density at radius 2 is 1.59 bits per heavy atom. The molecule has 8 rings (SSSR count). The fourth-order valence-corrected chi connectivity index (χ4v) is 15.1. The summed E-state index contributed by atoms with van der Waals surface area (Å²) in [6.07, 6.45) is 15.8. The van der Waals surface area contributed by atoms with Crippen molar-refractivity contribution in [2.24, 2.45) is 56.7 Å². The molecule has 1 aromatic rings. The van der Waals surface area contributed by atoms with E-state index in [0.29, 0.717) is 43.4 Å². The first-order valence-corrected chi connectivity index (χ1v) is 25.3. The monoisotopic (exact) mass is 913 g/mol. The quantitative estimate of drug-likeness (QED) is 0.0778. The van der Waals surface area contributed by atoms with E-state index < -0.39 is 35.6 Å². The number of nitrogens with zero attached hydrogens (tertiary/aromatic N) is 1. The van der Waals surface area contributed by atoms with Gasteiger partial charge < -0.3 is 25.2 Å². The summed E-state index contributed by atoms with van der Waals surface area (Å²) in [6.45, 7) is 18.7. The predicted octanol–water partition coefficient (Wildman–Crippen LogP) is 7.75. The number of allylic oxidation sites excluding steroid dienone is 2. The van der Waals surface area contributed by atoms with Crippen molar-refractivity contribution in [3.63, 3.8) is 0 Å². The zero-order chi connectivity index (χ0) is 47.4. The minimum absolute atomic E-state index is 0.00783. The third kappa shape index (κ3) is 8.08. The highest BCUT2D eigenvalue weighted by Gasteiger charge is 2.69. The number of imide groups is 2. The third-order valence-corrected chi connectivity index (χ3v) is 19.3. The lowest BCUT2D eigenvalue weighted by Gasteiger charge is -2.71. The van der Waals surface area contributed by atoms with Crippen LogP contribution in [0.2, 0.25) is 0 Å². The highest BCUT2D eigenvalue weighted by atomic mass is 16.5. The van der Waals surface area contributed by atoms with Crippen molar-refractivity contribution in [2.75, 3.05) is 38.3 Å². The van der Waals surface area contributed by atoms with E-state index in [0.717, 1.165) is 75.5 Å². The van der Waals surface area contributed by atoms with Crippen molar-refractivity contribution in [2.45, 2.75) is 157 Å². The number of ether oxygens (including phenoxy) is 2. The van der Waals surface area contributed by atoms with Crippen LogP contribution in [0.5, 0.6) is 0 Å². The number of carbonyl (C=O) groups is 6. The molecule has 0 spiro atoms. The summed E-state index contributed by atoms with van der Waals surface area (Å²) in [5.74, 6) is -0.325. The Bertz CT molecular complexity index is 2140. The maximum absolute atomic E-state index is 14.6. The molecule has 1 saturated heterocycles. The lowest BCUT2D eigenvalue weighted by molar-refractivity contribution is -0.204. The average Bonchev–Trinajstić information content (AvgIpc) is 3.53. The molecule has 1 aromatic carbocycles. The van der Waals surface area contributed by atoms with Gasteiger partial charge in [-0.25, -0.2) is 0 Å². The van der Waals surface area contributed by atoms with Crippen molar-refractivity contribution in [1.82, 2.24) is 15.5 Å². The summed E-state index contributed by atoms with van der Waals surface area (Å²) in [5, 5.41) is 19.4. The van der Waals surface area contributed by atoms with Crippen LogP contribution in [0, 0.1) is 56.7 Å². The normalized spacial score (nSPS) is 36.8. The molecule has 0 bridgehead atoms. The Hall–Kier alpha value is -3.94. The number of aliphatic hydroxyl groups is 1. The van der Waals surface area contributed by atoms with Gasteiger partial charge in [-0.05, 0) is 140 Å². The van der Waals surface area contributed by atoms with Crippen LogP contribution >= 0.6 is 0 Å². The summed E-state index contributed by atoms with van der Waals surface area (Å²) in [7, 11) is 0. The highest BCUT2D eigenvalue weighted by molar-refractivity contribution is 6.26. The van der Waals surface area contributed by atoms with E-state index in [1.165, 1.54) is 25.0 Å². The number of rotatable bonds is 15. The molecule has 66 heavy (non-hydrogen) atoms. The van der Waals surface area contributed by atoms with Gasteiger partial charge in [-0.15, -0.1) is 0 Å². The molecule has 11 atom stereocenters. The van der Waals surface area contributed by atoms with Gasteiger partial charge in [0.25, 0.3) is 11.8 Å². The van der Waals surface area contributed by atoms with Crippen LogP contribution in [0.1, 0.15) is 165 Å². The van der Waals surface area contributed by atoms with Crippen LogP contribution in [0.15, 0.2) is 29.8 Å². The van der Waals surface area contributed by atoms with Gasteiger partial charge in [0.15, 0.2) is 0 Å². The van der Waals surface area contributed by atoms with E-state index in [9.17, 15) is 33.9 Å². The zero-order valence-corrected chi connectivity index (χ0v) is 40.7. The second kappa shape index (κ2) is 18.5. The van der Waals surface area contributed by atoms with Crippen LogP contribution in [0.4, 0.5) is 5.69 Å². The number of anilines is 1. The van der Waals surface area contributed by atoms with E-state index in [1.807, 2.05) is 0 Å². The fourth-order valence-electron chi connectivity index (χ4n) is 15.1. The van der Waals surface area contributed by atoms with Crippen LogP contribution in [-0.4, -0.2) is 90.6 Å². The van der Waals surface area contributed by atoms with Crippen LogP contribution in [-0.2, 0) is 28.7 Å². The number of fused-ring (bicyclic) bond motifs is 8. The molecule has 6 amide bonds. The molecule has 362 valence electrons. The van der Waals surface area contributed by atoms with Gasteiger partial charge in [-0.1, -0.05) is 79.0 Å². The summed E-state index contributed by atoms with van der Waals surface area (Å²) < 4.78 is 11.3. The Labute approximate surface area is 391 Å². The average molecular weight is 913 g/mol. The minimum Gasteiger partial charge on any atom is -0.393 e. The predicted molar refractivity (Wildman–Crippen MR) is 250 cm³/mol. The number of benzene rings is 1. The van der Waals surface area contributed by atoms with Crippen LogP contribution in [0.25, 0.3) is 0 Å². The first kappa shape index (κ1) is 48.5. The maximum atomic E-state index is 14.6. The Morgan fingerprint density at radius 3 is 2.36 bits per heavy atom. The molecule has 5 aliphatic carbocycles. The third-order valence-electron chi connectivity index (χ3n) is 19.3. The number of piperidine rings is 1. The molecular weight excluding hydrogens is 837 g/mol. The van der Waals surface area contributed by atoms with Gasteiger partial charge in [-0.3, -0.25) is 39.0 Å². The van der Waals surface area contributed by atoms with Crippen molar-refractivity contribution in [3.05, 3.63) is 41.0 Å². The SMILES string of the molecule is C[C@H]1[C@H](C)CC[C@]2(C(=O)NCCCCCCOCCOCC(=O)Nc3cccc4c3C(=O)N(C3CCC(=O)NC3=O)C4=O)CC[C@]3(C)C(=CC[C@@H]4[C@@]5(C)CC[C@H](O)C(C)(C)[C@@H]5CC[C@]43C)[C@H]12. The largest absolute Gasteiger partial charge is 0.393 e. The lowest BCUT2D eigenvalue weighted by Crippen LogP contribution is -2.66.